The van der Waals surface area contributed by atoms with Crippen LogP contribution in [0.3, 0.4) is 0 Å². The summed E-state index contributed by atoms with van der Waals surface area (Å²) in [6, 6.07) is 4.79. The van der Waals surface area contributed by atoms with E-state index in [0.29, 0.717) is 36.6 Å². The standard InChI is InChI=1S/C17H28N2O6S/c1-13(2)25-10-5-8-19-26(21,22)11-9-18-17(20)15-7-6-14(23-3)12-16(15)24-4/h6-7,12-13,19H,5,8-11H2,1-4H3,(H,18,20). The molecule has 0 aromatic heterocycles. The van der Waals surface area contributed by atoms with E-state index in [1.165, 1.54) is 14.2 Å². The van der Waals surface area contributed by atoms with Gasteiger partial charge in [-0.1, -0.05) is 0 Å². The first-order valence-corrected chi connectivity index (χ1v) is 10.0. The minimum atomic E-state index is -3.46. The van der Waals surface area contributed by atoms with Crippen LogP contribution in [0, 0.1) is 0 Å². The zero-order chi connectivity index (χ0) is 19.6. The number of carbonyl (C=O) groups excluding carboxylic acids is 1. The Hall–Kier alpha value is -1.84. The van der Waals surface area contributed by atoms with Gasteiger partial charge >= 0.3 is 0 Å². The molecule has 148 valence electrons. The lowest BCUT2D eigenvalue weighted by Crippen LogP contribution is -2.35. The third kappa shape index (κ3) is 8.03. The Morgan fingerprint density at radius 1 is 1.15 bits per heavy atom. The molecule has 9 heteroatoms. The summed E-state index contributed by atoms with van der Waals surface area (Å²) >= 11 is 0. The molecular weight excluding hydrogens is 360 g/mol. The molecule has 0 heterocycles. The second-order valence-electron chi connectivity index (χ2n) is 5.81. The van der Waals surface area contributed by atoms with Crippen LogP contribution < -0.4 is 19.5 Å². The molecule has 0 unspecified atom stereocenters. The maximum absolute atomic E-state index is 12.2. The molecule has 0 spiro atoms. The normalized spacial score (nSPS) is 11.4. The van der Waals surface area contributed by atoms with Gasteiger partial charge in [0.2, 0.25) is 10.0 Å². The number of benzene rings is 1. The molecule has 0 aliphatic carbocycles. The Morgan fingerprint density at radius 3 is 2.50 bits per heavy atom. The largest absolute Gasteiger partial charge is 0.497 e. The summed E-state index contributed by atoms with van der Waals surface area (Å²) in [4.78, 5) is 12.2. The average molecular weight is 388 g/mol. The summed E-state index contributed by atoms with van der Waals surface area (Å²) in [5, 5.41) is 2.58. The highest BCUT2D eigenvalue weighted by Gasteiger charge is 2.15. The molecule has 0 atom stereocenters. The molecule has 26 heavy (non-hydrogen) atoms. The number of sulfonamides is 1. The Labute approximate surface area is 155 Å². The van der Waals surface area contributed by atoms with Gasteiger partial charge in [-0.2, -0.15) is 0 Å². The van der Waals surface area contributed by atoms with Gasteiger partial charge in [0.1, 0.15) is 11.5 Å². The second-order valence-corrected chi connectivity index (χ2v) is 7.73. The van der Waals surface area contributed by atoms with Crippen molar-refractivity contribution in [1.29, 1.82) is 0 Å². The van der Waals surface area contributed by atoms with Crippen molar-refractivity contribution in [2.75, 3.05) is 39.7 Å². The first-order chi connectivity index (χ1) is 12.3. The van der Waals surface area contributed by atoms with Crippen molar-refractivity contribution in [2.24, 2.45) is 0 Å². The molecule has 0 saturated heterocycles. The van der Waals surface area contributed by atoms with Crippen molar-refractivity contribution in [3.05, 3.63) is 23.8 Å². The summed E-state index contributed by atoms with van der Waals surface area (Å²) in [6.45, 7) is 4.63. The molecule has 1 amide bonds. The number of carbonyl (C=O) groups is 1. The topological polar surface area (TPSA) is 103 Å². The van der Waals surface area contributed by atoms with Gasteiger partial charge in [0, 0.05) is 25.8 Å². The molecule has 0 fully saturated rings. The van der Waals surface area contributed by atoms with Crippen molar-refractivity contribution in [3.8, 4) is 11.5 Å². The Morgan fingerprint density at radius 2 is 1.88 bits per heavy atom. The van der Waals surface area contributed by atoms with E-state index in [-0.39, 0.29) is 18.4 Å². The summed E-state index contributed by atoms with van der Waals surface area (Å²) < 4.78 is 41.9. The number of hydrogen-bond donors (Lipinski definition) is 2. The van der Waals surface area contributed by atoms with E-state index in [0.717, 1.165) is 0 Å². The number of rotatable bonds is 12. The molecule has 0 bridgehead atoms. The van der Waals surface area contributed by atoms with Crippen LogP contribution in [0.5, 0.6) is 11.5 Å². The molecule has 2 N–H and O–H groups in total. The minimum absolute atomic E-state index is 0.00809. The van der Waals surface area contributed by atoms with E-state index in [1.807, 2.05) is 13.8 Å². The zero-order valence-electron chi connectivity index (χ0n) is 15.7. The van der Waals surface area contributed by atoms with Crippen LogP contribution in [-0.4, -0.2) is 60.1 Å². The Balaban J connectivity index is 2.43. The number of amides is 1. The van der Waals surface area contributed by atoms with Gasteiger partial charge in [-0.15, -0.1) is 0 Å². The molecule has 1 aromatic rings. The lowest BCUT2D eigenvalue weighted by molar-refractivity contribution is 0.0778. The van der Waals surface area contributed by atoms with Gasteiger partial charge in [0.25, 0.3) is 5.91 Å². The SMILES string of the molecule is COc1ccc(C(=O)NCCS(=O)(=O)NCCCOC(C)C)c(OC)c1. The highest BCUT2D eigenvalue weighted by Crippen LogP contribution is 2.24. The quantitative estimate of drug-likeness (QED) is 0.521. The molecule has 0 radical (unpaired) electrons. The summed E-state index contributed by atoms with van der Waals surface area (Å²) in [5.41, 5.74) is 0.310. The lowest BCUT2D eigenvalue weighted by Gasteiger charge is -2.11. The number of nitrogens with one attached hydrogen (secondary N) is 2. The van der Waals surface area contributed by atoms with E-state index in [2.05, 4.69) is 10.0 Å². The smallest absolute Gasteiger partial charge is 0.255 e. The van der Waals surface area contributed by atoms with Crippen LogP contribution in [0.2, 0.25) is 0 Å². The summed E-state index contributed by atoms with van der Waals surface area (Å²) in [7, 11) is -0.495. The lowest BCUT2D eigenvalue weighted by atomic mass is 10.2. The number of ether oxygens (including phenoxy) is 3. The van der Waals surface area contributed by atoms with Crippen molar-refractivity contribution < 1.29 is 27.4 Å². The molecular formula is C17H28N2O6S. The third-order valence-electron chi connectivity index (χ3n) is 3.40. The molecule has 8 nitrogen and oxygen atoms in total. The van der Waals surface area contributed by atoms with Crippen LogP contribution in [0.15, 0.2) is 18.2 Å². The van der Waals surface area contributed by atoms with Gasteiger partial charge in [0.05, 0.1) is 31.6 Å². The number of methoxy groups -OCH3 is 2. The summed E-state index contributed by atoms with van der Waals surface area (Å²) in [6.07, 6.45) is 0.712. The Bertz CT molecular complexity index is 676. The van der Waals surface area contributed by atoms with Gasteiger partial charge in [-0.3, -0.25) is 4.79 Å². The fourth-order valence-corrected chi connectivity index (χ4v) is 3.04. The maximum atomic E-state index is 12.2. The van der Waals surface area contributed by atoms with Crippen LogP contribution in [0.4, 0.5) is 0 Å². The predicted octanol–water partition coefficient (Wildman–Crippen LogP) is 1.17. The van der Waals surface area contributed by atoms with E-state index in [9.17, 15) is 13.2 Å². The molecule has 0 aliphatic rings. The van der Waals surface area contributed by atoms with Crippen molar-refractivity contribution in [3.63, 3.8) is 0 Å². The number of hydrogen-bond acceptors (Lipinski definition) is 6. The third-order valence-corrected chi connectivity index (χ3v) is 4.79. The Kier molecular flexibility index (Phi) is 9.39. The van der Waals surface area contributed by atoms with Crippen LogP contribution in [0.25, 0.3) is 0 Å². The maximum Gasteiger partial charge on any atom is 0.255 e. The van der Waals surface area contributed by atoms with E-state index >= 15 is 0 Å². The van der Waals surface area contributed by atoms with Gasteiger partial charge in [0.15, 0.2) is 0 Å². The molecule has 0 saturated carbocycles. The minimum Gasteiger partial charge on any atom is -0.497 e. The van der Waals surface area contributed by atoms with Crippen LogP contribution in [0.1, 0.15) is 30.6 Å². The average Bonchev–Trinajstić information content (AvgIpc) is 2.60. The molecule has 1 aromatic carbocycles. The zero-order valence-corrected chi connectivity index (χ0v) is 16.5. The molecule has 0 aliphatic heterocycles. The van der Waals surface area contributed by atoms with Gasteiger partial charge in [-0.05, 0) is 32.4 Å². The first kappa shape index (κ1) is 22.2. The van der Waals surface area contributed by atoms with E-state index in [1.54, 1.807) is 18.2 Å². The second kappa shape index (κ2) is 11.0. The van der Waals surface area contributed by atoms with E-state index < -0.39 is 15.9 Å². The van der Waals surface area contributed by atoms with Crippen LogP contribution in [-0.2, 0) is 14.8 Å². The summed E-state index contributed by atoms with van der Waals surface area (Å²) in [5.74, 6) is 0.298. The van der Waals surface area contributed by atoms with Gasteiger partial charge < -0.3 is 19.5 Å². The first-order valence-electron chi connectivity index (χ1n) is 8.38. The predicted molar refractivity (Wildman–Crippen MR) is 99.4 cm³/mol. The van der Waals surface area contributed by atoms with Crippen molar-refractivity contribution in [2.45, 2.75) is 26.4 Å². The van der Waals surface area contributed by atoms with Crippen molar-refractivity contribution >= 4 is 15.9 Å². The highest BCUT2D eigenvalue weighted by atomic mass is 32.2. The van der Waals surface area contributed by atoms with Gasteiger partial charge in [-0.25, -0.2) is 13.1 Å². The molecule has 1 rings (SSSR count). The van der Waals surface area contributed by atoms with Crippen molar-refractivity contribution in [1.82, 2.24) is 10.0 Å². The highest BCUT2D eigenvalue weighted by molar-refractivity contribution is 7.89. The van der Waals surface area contributed by atoms with Crippen LogP contribution >= 0.6 is 0 Å². The fraction of sp³-hybridized carbons (Fsp3) is 0.588. The monoisotopic (exact) mass is 388 g/mol. The fourth-order valence-electron chi connectivity index (χ4n) is 2.07. The van der Waals surface area contributed by atoms with E-state index in [4.69, 9.17) is 14.2 Å².